The average molecular weight is 425 g/mol. The average Bonchev–Trinajstić information content (AvgIpc) is 3.48. The molecule has 3 heterocycles. The quantitative estimate of drug-likeness (QED) is 0.441. The van der Waals surface area contributed by atoms with Crippen LogP contribution in [0.2, 0.25) is 0 Å². The minimum atomic E-state index is 0.582. The number of aryl methyl sites for hydroxylation is 2. The number of methoxy groups -OCH3 is 1. The van der Waals surface area contributed by atoms with Crippen LogP contribution in [0.3, 0.4) is 0 Å². The Labute approximate surface area is 185 Å². The molecule has 32 heavy (non-hydrogen) atoms. The van der Waals surface area contributed by atoms with Crippen molar-refractivity contribution >= 4 is 5.65 Å². The van der Waals surface area contributed by atoms with Crippen LogP contribution in [0, 0.1) is 6.92 Å². The highest BCUT2D eigenvalue weighted by molar-refractivity contribution is 5.80. The van der Waals surface area contributed by atoms with E-state index in [4.69, 9.17) is 14.8 Å². The second kappa shape index (κ2) is 8.22. The van der Waals surface area contributed by atoms with E-state index in [1.807, 2.05) is 31.2 Å². The van der Waals surface area contributed by atoms with Gasteiger partial charge in [0.25, 0.3) is 0 Å². The van der Waals surface area contributed by atoms with Crippen LogP contribution in [0.4, 0.5) is 0 Å². The molecule has 0 unspecified atom stereocenters. The maximum absolute atomic E-state index is 5.52. The molecule has 2 aromatic carbocycles. The largest absolute Gasteiger partial charge is 0.481 e. The van der Waals surface area contributed by atoms with E-state index in [1.165, 1.54) is 5.56 Å². The second-order valence-electron chi connectivity index (χ2n) is 7.61. The highest BCUT2D eigenvalue weighted by atomic mass is 16.5. The first kappa shape index (κ1) is 19.9. The van der Waals surface area contributed by atoms with E-state index in [0.717, 1.165) is 52.1 Å². The van der Waals surface area contributed by atoms with Crippen molar-refractivity contribution in [2.24, 2.45) is 0 Å². The summed E-state index contributed by atoms with van der Waals surface area (Å²) in [5, 5.41) is 19.2. The number of H-pyrrole nitrogens is 1. The number of rotatable bonds is 6. The normalized spacial score (nSPS) is 11.2. The van der Waals surface area contributed by atoms with E-state index in [0.29, 0.717) is 11.7 Å². The van der Waals surface area contributed by atoms with Crippen LogP contribution in [0.15, 0.2) is 54.6 Å². The van der Waals surface area contributed by atoms with Crippen LogP contribution in [0.25, 0.3) is 28.2 Å². The summed E-state index contributed by atoms with van der Waals surface area (Å²) < 4.78 is 7.32. The topological polar surface area (TPSA) is 93.9 Å². The van der Waals surface area contributed by atoms with Gasteiger partial charge in [0, 0.05) is 29.3 Å². The Morgan fingerprint density at radius 1 is 1.03 bits per heavy atom. The van der Waals surface area contributed by atoms with Crippen molar-refractivity contribution in [1.29, 1.82) is 0 Å². The molecule has 0 saturated carbocycles. The zero-order chi connectivity index (χ0) is 22.1. The second-order valence-corrected chi connectivity index (χ2v) is 7.61. The molecule has 0 fully saturated rings. The molecule has 8 heteroatoms. The molecule has 0 aliphatic carbocycles. The highest BCUT2D eigenvalue weighted by Crippen LogP contribution is 2.30. The molecule has 160 valence electrons. The fourth-order valence-electron chi connectivity index (χ4n) is 4.02. The lowest BCUT2D eigenvalue weighted by Crippen LogP contribution is -2.00. The summed E-state index contributed by atoms with van der Waals surface area (Å²) in [5.41, 5.74) is 8.22. The van der Waals surface area contributed by atoms with E-state index >= 15 is 0 Å². The van der Waals surface area contributed by atoms with Crippen molar-refractivity contribution in [2.45, 2.75) is 26.7 Å². The molecule has 1 N–H and O–H groups in total. The summed E-state index contributed by atoms with van der Waals surface area (Å²) >= 11 is 0. The first-order valence-corrected chi connectivity index (χ1v) is 10.5. The summed E-state index contributed by atoms with van der Waals surface area (Å²) in [6, 6.07) is 18.5. The number of benzene rings is 2. The van der Waals surface area contributed by atoms with Crippen molar-refractivity contribution in [1.82, 2.24) is 35.2 Å². The number of fused-ring (bicyclic) bond motifs is 1. The van der Waals surface area contributed by atoms with Crippen molar-refractivity contribution in [3.63, 3.8) is 0 Å². The number of ether oxygens (including phenoxy) is 1. The molecule has 5 aromatic rings. The summed E-state index contributed by atoms with van der Waals surface area (Å²) in [6.07, 6.45) is 1.58. The van der Waals surface area contributed by atoms with Gasteiger partial charge >= 0.3 is 0 Å². The first-order valence-electron chi connectivity index (χ1n) is 10.5. The molecule has 0 aliphatic heterocycles. The Hall–Kier alpha value is -4.07. The summed E-state index contributed by atoms with van der Waals surface area (Å²) in [4.78, 5) is 4.75. The lowest BCUT2D eigenvalue weighted by Gasteiger charge is -2.09. The van der Waals surface area contributed by atoms with Gasteiger partial charge in [-0.2, -0.15) is 14.8 Å². The number of nitrogens with one attached hydrogen (secondary N) is 1. The maximum atomic E-state index is 5.52. The molecule has 0 atom stereocenters. The number of aromatic amines is 1. The monoisotopic (exact) mass is 425 g/mol. The van der Waals surface area contributed by atoms with Crippen LogP contribution in [0.1, 0.15) is 29.4 Å². The van der Waals surface area contributed by atoms with Gasteiger partial charge in [-0.1, -0.05) is 55.5 Å². The number of tetrazole rings is 1. The Balaban J connectivity index is 1.51. The molecule has 0 amide bonds. The van der Waals surface area contributed by atoms with Crippen LogP contribution in [-0.4, -0.2) is 42.3 Å². The number of hydrogen-bond donors (Lipinski definition) is 1. The van der Waals surface area contributed by atoms with Gasteiger partial charge in [0.05, 0.1) is 12.8 Å². The Kier molecular flexibility index (Phi) is 5.10. The van der Waals surface area contributed by atoms with Gasteiger partial charge in [-0.25, -0.2) is 4.98 Å². The van der Waals surface area contributed by atoms with Crippen molar-refractivity contribution in [2.75, 3.05) is 7.11 Å². The van der Waals surface area contributed by atoms with Crippen molar-refractivity contribution in [3.8, 4) is 28.4 Å². The predicted molar refractivity (Wildman–Crippen MR) is 122 cm³/mol. The molecule has 0 bridgehead atoms. The van der Waals surface area contributed by atoms with Gasteiger partial charge in [0.2, 0.25) is 11.7 Å². The third-order valence-corrected chi connectivity index (χ3v) is 5.57. The summed E-state index contributed by atoms with van der Waals surface area (Å²) in [7, 11) is 1.66. The molecule has 5 rings (SSSR count). The number of hydrogen-bond acceptors (Lipinski definition) is 6. The van der Waals surface area contributed by atoms with E-state index in [2.05, 4.69) is 57.9 Å². The van der Waals surface area contributed by atoms with Gasteiger partial charge in [0.1, 0.15) is 0 Å². The third-order valence-electron chi connectivity index (χ3n) is 5.57. The van der Waals surface area contributed by atoms with E-state index < -0.39 is 0 Å². The molecular formula is C24H23N7O. The molecule has 0 spiro atoms. The van der Waals surface area contributed by atoms with Gasteiger partial charge in [-0.15, -0.1) is 10.2 Å². The minimum absolute atomic E-state index is 0.582. The highest BCUT2D eigenvalue weighted by Gasteiger charge is 2.17. The zero-order valence-electron chi connectivity index (χ0n) is 18.2. The van der Waals surface area contributed by atoms with E-state index in [1.54, 1.807) is 11.6 Å². The van der Waals surface area contributed by atoms with Crippen LogP contribution < -0.4 is 4.74 Å². The van der Waals surface area contributed by atoms with Gasteiger partial charge < -0.3 is 4.74 Å². The molecule has 0 radical (unpaired) electrons. The van der Waals surface area contributed by atoms with Gasteiger partial charge in [-0.3, -0.25) is 0 Å². The summed E-state index contributed by atoms with van der Waals surface area (Å²) in [5.74, 6) is 1.28. The minimum Gasteiger partial charge on any atom is -0.481 e. The van der Waals surface area contributed by atoms with Crippen LogP contribution in [-0.2, 0) is 12.8 Å². The SMILES string of the molecule is CCc1nn2c(OC)cc(C)nc2c1Cc1ccc(-c2ccccc2-c2nn[nH]n2)cc1. The first-order chi connectivity index (χ1) is 15.7. The fourth-order valence-corrected chi connectivity index (χ4v) is 4.02. The lowest BCUT2D eigenvalue weighted by molar-refractivity contribution is 0.384. The number of aromatic nitrogens is 7. The molecule has 0 aliphatic rings. The standard InChI is InChI=1S/C24H23N7O/c1-4-21-20(24-25-15(2)13-22(32-3)31(24)28-21)14-16-9-11-17(12-10-16)18-7-5-6-8-19(18)23-26-29-30-27-23/h5-13H,4,14H2,1-3H3,(H,26,27,29,30). The number of nitrogens with zero attached hydrogens (tertiary/aromatic N) is 6. The van der Waals surface area contributed by atoms with E-state index in [9.17, 15) is 0 Å². The van der Waals surface area contributed by atoms with Crippen LogP contribution >= 0.6 is 0 Å². The van der Waals surface area contributed by atoms with Gasteiger partial charge in [-0.05, 0) is 35.2 Å². The predicted octanol–water partition coefficient (Wildman–Crippen LogP) is 4.05. The third kappa shape index (κ3) is 3.49. The van der Waals surface area contributed by atoms with Crippen LogP contribution in [0.5, 0.6) is 5.88 Å². The smallest absolute Gasteiger partial charge is 0.217 e. The lowest BCUT2D eigenvalue weighted by atomic mass is 9.96. The fraction of sp³-hybridized carbons (Fsp3) is 0.208. The Morgan fingerprint density at radius 3 is 2.50 bits per heavy atom. The molecule has 8 nitrogen and oxygen atoms in total. The van der Waals surface area contributed by atoms with Crippen molar-refractivity contribution < 1.29 is 4.74 Å². The van der Waals surface area contributed by atoms with Gasteiger partial charge in [0.15, 0.2) is 5.65 Å². The molecule has 3 aromatic heterocycles. The van der Waals surface area contributed by atoms with Crippen molar-refractivity contribution in [3.05, 3.63) is 77.1 Å². The Bertz CT molecular complexity index is 1370. The Morgan fingerprint density at radius 2 is 1.81 bits per heavy atom. The molecule has 0 saturated heterocycles. The molecular weight excluding hydrogens is 402 g/mol. The zero-order valence-corrected chi connectivity index (χ0v) is 18.2. The maximum Gasteiger partial charge on any atom is 0.217 e. The van der Waals surface area contributed by atoms with E-state index in [-0.39, 0.29) is 0 Å². The summed E-state index contributed by atoms with van der Waals surface area (Å²) in [6.45, 7) is 4.09.